The van der Waals surface area contributed by atoms with Gasteiger partial charge in [0, 0.05) is 34.2 Å². The molecular weight excluding hydrogens is 420 g/mol. The van der Waals surface area contributed by atoms with E-state index >= 15 is 0 Å². The van der Waals surface area contributed by atoms with E-state index in [1.54, 1.807) is 55.5 Å². The van der Waals surface area contributed by atoms with Crippen molar-refractivity contribution >= 4 is 46.2 Å². The van der Waals surface area contributed by atoms with Crippen molar-refractivity contribution in [3.63, 3.8) is 0 Å². The molecule has 0 unspecified atom stereocenters. The van der Waals surface area contributed by atoms with Crippen LogP contribution in [0.25, 0.3) is 0 Å². The number of halogens is 1. The first-order valence-electron chi connectivity index (χ1n) is 9.28. The molecule has 2 amide bonds. The van der Waals surface area contributed by atoms with Crippen LogP contribution >= 0.6 is 11.6 Å². The molecule has 0 spiro atoms. The van der Waals surface area contributed by atoms with Crippen LogP contribution in [0.5, 0.6) is 0 Å². The summed E-state index contributed by atoms with van der Waals surface area (Å²) in [5, 5.41) is 19.8. The average Bonchev–Trinajstić information content (AvgIpc) is 2.75. The van der Waals surface area contributed by atoms with E-state index in [-0.39, 0.29) is 24.0 Å². The van der Waals surface area contributed by atoms with Crippen LogP contribution in [0, 0.1) is 17.0 Å². The predicted molar refractivity (Wildman–Crippen MR) is 121 cm³/mol. The molecule has 3 aromatic rings. The Kier molecular flexibility index (Phi) is 6.84. The normalized spacial score (nSPS) is 10.3. The van der Waals surface area contributed by atoms with Crippen molar-refractivity contribution in [2.45, 2.75) is 6.92 Å². The number of rotatable bonds is 7. The fourth-order valence-corrected chi connectivity index (χ4v) is 2.96. The standard InChI is InChI=1S/C22H19ClN4O4/c1-14-12-17(27(30)31)10-11-19(14)26-21(28)13-24-20-5-3-2-4-18(20)22(29)25-16-8-6-15(23)7-9-16/h2-12,24H,13H2,1H3,(H,25,29)(H,26,28). The zero-order valence-corrected chi connectivity index (χ0v) is 17.3. The van der Waals surface area contributed by atoms with E-state index in [2.05, 4.69) is 16.0 Å². The molecule has 3 aromatic carbocycles. The number of nitro benzene ring substituents is 1. The van der Waals surface area contributed by atoms with E-state index in [0.29, 0.717) is 33.2 Å². The SMILES string of the molecule is Cc1cc([N+](=O)[O-])ccc1NC(=O)CNc1ccccc1C(=O)Nc1ccc(Cl)cc1. The van der Waals surface area contributed by atoms with Gasteiger partial charge in [0.25, 0.3) is 11.6 Å². The predicted octanol–water partition coefficient (Wildman–Crippen LogP) is 4.86. The summed E-state index contributed by atoms with van der Waals surface area (Å²) in [6.45, 7) is 1.58. The molecule has 0 radical (unpaired) electrons. The number of para-hydroxylation sites is 1. The van der Waals surface area contributed by atoms with Crippen molar-refractivity contribution in [1.82, 2.24) is 0 Å². The highest BCUT2D eigenvalue weighted by atomic mass is 35.5. The number of non-ortho nitro benzene ring substituents is 1. The number of amides is 2. The fraction of sp³-hybridized carbons (Fsp3) is 0.0909. The summed E-state index contributed by atoms with van der Waals surface area (Å²) in [7, 11) is 0. The minimum absolute atomic E-state index is 0.0470. The zero-order valence-electron chi connectivity index (χ0n) is 16.5. The molecule has 0 atom stereocenters. The van der Waals surface area contributed by atoms with Gasteiger partial charge in [-0.3, -0.25) is 19.7 Å². The molecule has 0 fully saturated rings. The average molecular weight is 439 g/mol. The number of carbonyl (C=O) groups is 2. The molecule has 0 aliphatic carbocycles. The number of nitro groups is 1. The number of benzene rings is 3. The van der Waals surface area contributed by atoms with Gasteiger partial charge in [0.2, 0.25) is 5.91 Å². The van der Waals surface area contributed by atoms with Gasteiger partial charge >= 0.3 is 0 Å². The number of aryl methyl sites for hydroxylation is 1. The first-order chi connectivity index (χ1) is 14.8. The summed E-state index contributed by atoms with van der Waals surface area (Å²) >= 11 is 5.86. The molecule has 3 N–H and O–H groups in total. The monoisotopic (exact) mass is 438 g/mol. The van der Waals surface area contributed by atoms with Crippen LogP contribution in [0.1, 0.15) is 15.9 Å². The van der Waals surface area contributed by atoms with Crippen LogP contribution in [0.4, 0.5) is 22.7 Å². The summed E-state index contributed by atoms with van der Waals surface area (Å²) in [4.78, 5) is 35.3. The molecule has 0 saturated heterocycles. The second-order valence-corrected chi connectivity index (χ2v) is 7.10. The van der Waals surface area contributed by atoms with Crippen LogP contribution in [0.15, 0.2) is 66.7 Å². The maximum Gasteiger partial charge on any atom is 0.269 e. The van der Waals surface area contributed by atoms with E-state index in [1.807, 2.05) is 0 Å². The van der Waals surface area contributed by atoms with Gasteiger partial charge in [-0.05, 0) is 55.0 Å². The molecule has 0 aromatic heterocycles. The Labute approximate surface area is 183 Å². The number of carbonyl (C=O) groups excluding carboxylic acids is 2. The van der Waals surface area contributed by atoms with Crippen molar-refractivity contribution in [3.8, 4) is 0 Å². The quantitative estimate of drug-likeness (QED) is 0.360. The van der Waals surface area contributed by atoms with Gasteiger partial charge in [0.1, 0.15) is 0 Å². The van der Waals surface area contributed by atoms with Crippen molar-refractivity contribution < 1.29 is 14.5 Å². The third-order valence-electron chi connectivity index (χ3n) is 4.41. The molecule has 8 nitrogen and oxygen atoms in total. The lowest BCUT2D eigenvalue weighted by molar-refractivity contribution is -0.384. The molecule has 0 saturated carbocycles. The molecule has 0 heterocycles. The maximum atomic E-state index is 12.6. The van der Waals surface area contributed by atoms with Gasteiger partial charge in [0.05, 0.1) is 17.0 Å². The first-order valence-corrected chi connectivity index (χ1v) is 9.66. The van der Waals surface area contributed by atoms with Crippen LogP contribution in [0.3, 0.4) is 0 Å². The van der Waals surface area contributed by atoms with Crippen molar-refractivity contribution in [2.24, 2.45) is 0 Å². The molecule has 3 rings (SSSR count). The minimum Gasteiger partial charge on any atom is -0.376 e. The molecule has 31 heavy (non-hydrogen) atoms. The van der Waals surface area contributed by atoms with Crippen LogP contribution < -0.4 is 16.0 Å². The van der Waals surface area contributed by atoms with E-state index in [9.17, 15) is 19.7 Å². The lowest BCUT2D eigenvalue weighted by atomic mass is 10.1. The van der Waals surface area contributed by atoms with Gasteiger partial charge < -0.3 is 16.0 Å². The Bertz CT molecular complexity index is 1130. The number of nitrogens with zero attached hydrogens (tertiary/aromatic N) is 1. The third kappa shape index (κ3) is 5.80. The van der Waals surface area contributed by atoms with E-state index < -0.39 is 4.92 Å². The molecule has 0 aliphatic rings. The highest BCUT2D eigenvalue weighted by molar-refractivity contribution is 6.30. The molecular formula is C22H19ClN4O4. The Morgan fingerprint density at radius 3 is 2.35 bits per heavy atom. The van der Waals surface area contributed by atoms with Crippen LogP contribution in [-0.4, -0.2) is 23.3 Å². The van der Waals surface area contributed by atoms with E-state index in [0.717, 1.165) is 0 Å². The van der Waals surface area contributed by atoms with Gasteiger partial charge in [-0.2, -0.15) is 0 Å². The topological polar surface area (TPSA) is 113 Å². The Balaban J connectivity index is 1.64. The maximum absolute atomic E-state index is 12.6. The first kappa shape index (κ1) is 21.8. The van der Waals surface area contributed by atoms with Gasteiger partial charge in [-0.25, -0.2) is 0 Å². The summed E-state index contributed by atoms with van der Waals surface area (Å²) in [6.07, 6.45) is 0. The third-order valence-corrected chi connectivity index (χ3v) is 4.66. The zero-order chi connectivity index (χ0) is 22.4. The second-order valence-electron chi connectivity index (χ2n) is 6.66. The summed E-state index contributed by atoms with van der Waals surface area (Å²) in [5.74, 6) is -0.693. The van der Waals surface area contributed by atoms with Gasteiger partial charge in [0.15, 0.2) is 0 Å². The van der Waals surface area contributed by atoms with Crippen molar-refractivity contribution in [2.75, 3.05) is 22.5 Å². The second kappa shape index (κ2) is 9.73. The highest BCUT2D eigenvalue weighted by Crippen LogP contribution is 2.22. The largest absolute Gasteiger partial charge is 0.376 e. The van der Waals surface area contributed by atoms with Crippen LogP contribution in [-0.2, 0) is 4.79 Å². The van der Waals surface area contributed by atoms with Crippen LogP contribution in [0.2, 0.25) is 5.02 Å². The lowest BCUT2D eigenvalue weighted by Gasteiger charge is -2.13. The Morgan fingerprint density at radius 1 is 0.968 bits per heavy atom. The fourth-order valence-electron chi connectivity index (χ4n) is 2.84. The Hall–Kier alpha value is -3.91. The van der Waals surface area contributed by atoms with Crippen molar-refractivity contribution in [3.05, 3.63) is 93.0 Å². The number of hydrogen-bond donors (Lipinski definition) is 3. The highest BCUT2D eigenvalue weighted by Gasteiger charge is 2.13. The number of hydrogen-bond acceptors (Lipinski definition) is 5. The minimum atomic E-state index is -0.494. The lowest BCUT2D eigenvalue weighted by Crippen LogP contribution is -2.23. The Morgan fingerprint density at radius 2 is 1.68 bits per heavy atom. The molecule has 158 valence electrons. The molecule has 9 heteroatoms. The number of nitrogens with one attached hydrogen (secondary N) is 3. The van der Waals surface area contributed by atoms with Gasteiger partial charge in [-0.1, -0.05) is 23.7 Å². The summed E-state index contributed by atoms with van der Waals surface area (Å²) < 4.78 is 0. The number of anilines is 3. The van der Waals surface area contributed by atoms with E-state index in [1.165, 1.54) is 18.2 Å². The molecule has 0 aliphatic heterocycles. The smallest absolute Gasteiger partial charge is 0.269 e. The van der Waals surface area contributed by atoms with E-state index in [4.69, 9.17) is 11.6 Å². The molecule has 0 bridgehead atoms. The van der Waals surface area contributed by atoms with Crippen molar-refractivity contribution in [1.29, 1.82) is 0 Å². The summed E-state index contributed by atoms with van der Waals surface area (Å²) in [5.41, 5.74) is 2.46. The van der Waals surface area contributed by atoms with Gasteiger partial charge in [-0.15, -0.1) is 0 Å². The summed E-state index contributed by atoms with van der Waals surface area (Å²) in [6, 6.07) is 17.7.